The summed E-state index contributed by atoms with van der Waals surface area (Å²) >= 11 is 0. The van der Waals surface area contributed by atoms with Crippen molar-refractivity contribution in [2.45, 2.75) is 0 Å². The second-order valence-electron chi connectivity index (χ2n) is 35.8. The minimum atomic E-state index is -2.78. The number of hydrogen-bond donors (Lipinski definition) is 0. The van der Waals surface area contributed by atoms with Gasteiger partial charge in [0.05, 0.1) is 0 Å². The average molecular weight is 1360 g/mol. The highest BCUT2D eigenvalue weighted by Gasteiger charge is 2.71. The topological polar surface area (TPSA) is 0 Å². The van der Waals surface area contributed by atoms with Gasteiger partial charge in [-0.2, -0.15) is 0 Å². The summed E-state index contributed by atoms with van der Waals surface area (Å²) in [6.45, 7) is 0. The molecule has 0 N–H and O–H groups in total. The molecule has 0 aliphatic carbocycles. The fourth-order valence-electron chi connectivity index (χ4n) is 23.1. The van der Waals surface area contributed by atoms with Gasteiger partial charge in [0, 0.05) is 891 Å². The Labute approximate surface area is 881 Å². The van der Waals surface area contributed by atoms with Crippen LogP contribution >= 0.6 is 0 Å². The quantitative estimate of drug-likeness (QED) is 0.0533. The van der Waals surface area contributed by atoms with Gasteiger partial charge < -0.3 is 0 Å². The Hall–Kier alpha value is 8.18. The van der Waals surface area contributed by atoms with Gasteiger partial charge in [-0.3, -0.25) is 0 Å². The van der Waals surface area contributed by atoms with Crippen LogP contribution in [0.2, 0.25) is 0 Å². The molecule has 0 amide bonds. The van der Waals surface area contributed by atoms with Crippen LogP contribution in [0.4, 0.5) is 0 Å². The third-order valence-electron chi connectivity index (χ3n) is 27.1. The van der Waals surface area contributed by atoms with E-state index < -0.39 is 396 Å². The first-order valence-electron chi connectivity index (χ1n) is 41.7. The van der Waals surface area contributed by atoms with E-state index in [4.69, 9.17) is 495 Å². The van der Waals surface area contributed by atoms with E-state index in [-0.39, 0.29) is 0 Å². The Balaban J connectivity index is 17.2. The maximum absolute atomic E-state index is 7.40. The standard InChI is InChI=1S/B126/c1-65(2)97(66(3)4)113(98(67(5)6)68(7)8)121(114(99(69(9)10)70(11)12)100(71(13)14)72(15)16)125(122(115(101(73(17)18)74(19)20)102(75(21)22)76(23)24)116(103(77(25)26)78(27)28)104(79(29)30)80(31)32)126(123(117(105(81(33)34)82(35)36)106(83(37)38)84(39)40)118(107(85(41)42)86(43)44)108(87(45)46)88(47)48)124(119(109(89(49)50)90(51)52)110(91(53)54)92(55)56)120(111(93(57)58)94(59)60)112(95(61)62)96(63)64. The molecule has 0 fully saturated rings. The normalized spacial score (nSPS) is 9.87. The van der Waals surface area contributed by atoms with Crippen LogP contribution in [0.15, 0.2) is 0 Å². The van der Waals surface area contributed by atoms with Gasteiger partial charge in [0.15, 0.2) is 0 Å². The van der Waals surface area contributed by atoms with Gasteiger partial charge in [0.2, 0.25) is 0 Å². The zero-order valence-electron chi connectivity index (χ0n) is 72.7. The molecule has 0 nitrogen and oxygen atoms in total. The van der Waals surface area contributed by atoms with Gasteiger partial charge in [-0.05, 0) is 0 Å². The second kappa shape index (κ2) is 61.7. The van der Waals surface area contributed by atoms with Crippen LogP contribution in [-0.2, 0) is 0 Å². The number of hydrogen-bond acceptors (Lipinski definition) is 0. The summed E-state index contributed by atoms with van der Waals surface area (Å²) in [5.74, 6) is 0. The van der Waals surface area contributed by atoms with E-state index in [1.807, 2.05) is 0 Å². The third kappa shape index (κ3) is 35.8. The molecule has 0 aromatic heterocycles. The predicted octanol–water partition coefficient (Wildman–Crippen LogP) is -48.0. The summed E-state index contributed by atoms with van der Waals surface area (Å²) in [4.78, 5) is 0. The monoisotopic (exact) mass is 1390 g/mol. The zero-order chi connectivity index (χ0) is 99.8. The molecular weight excluding hydrogens is 1360 g/mol. The van der Waals surface area contributed by atoms with E-state index in [1.54, 1.807) is 0 Å². The van der Waals surface area contributed by atoms with Crippen LogP contribution in [-0.4, -0.2) is 891 Å². The van der Waals surface area contributed by atoms with Crippen LogP contribution in [0.5, 0.6) is 0 Å². The molecule has 0 saturated heterocycles. The van der Waals surface area contributed by atoms with Crippen molar-refractivity contribution in [3.63, 3.8) is 0 Å². The van der Waals surface area contributed by atoms with E-state index in [9.17, 15) is 0 Å². The van der Waals surface area contributed by atoms with Crippen LogP contribution in [0, 0.1) is 0 Å². The molecule has 0 unspecified atom stereocenters. The fourth-order valence-corrected chi connectivity index (χ4v) is 23.1. The number of rotatable bonds is 61. The molecule has 126 heavy (non-hydrogen) atoms. The van der Waals surface area contributed by atoms with E-state index in [1.165, 1.54) is 0 Å². The van der Waals surface area contributed by atoms with Gasteiger partial charge in [0.1, 0.15) is 0 Å². The molecule has 0 aromatic carbocycles. The van der Waals surface area contributed by atoms with Gasteiger partial charge >= 0.3 is 0 Å². The third-order valence-corrected chi connectivity index (χ3v) is 27.1. The van der Waals surface area contributed by atoms with Gasteiger partial charge in [-0.15, -0.1) is 0 Å². The Kier molecular flexibility index (Phi) is 65.7. The molecule has 0 heterocycles. The van der Waals surface area contributed by atoms with Crippen LogP contribution in [0.25, 0.3) is 0 Å². The van der Waals surface area contributed by atoms with Gasteiger partial charge in [-0.1, -0.05) is 0 Å². The summed E-state index contributed by atoms with van der Waals surface area (Å²) in [7, 11) is 474. The Morgan fingerprint density at radius 3 is 0.0873 bits per heavy atom. The molecule has 0 spiro atoms. The average Bonchev–Trinajstić information content (AvgIpc) is 0.698. The van der Waals surface area contributed by atoms with Crippen LogP contribution < -0.4 is 0 Å². The molecular formula is B126. The Morgan fingerprint density at radius 2 is 0.0635 bits per heavy atom. The highest BCUT2D eigenvalue weighted by atomic mass is 13.5. The lowest BCUT2D eigenvalue weighted by atomic mass is 8.16. The maximum Gasteiger partial charge on any atom is 0 e. The zero-order valence-corrected chi connectivity index (χ0v) is 72.7. The van der Waals surface area contributed by atoms with E-state index >= 15 is 0 Å². The van der Waals surface area contributed by atoms with E-state index in [0.717, 1.165) is 0 Å². The van der Waals surface area contributed by atoms with Crippen molar-refractivity contribution in [3.8, 4) is 0 Å². The van der Waals surface area contributed by atoms with Crippen molar-refractivity contribution in [1.82, 2.24) is 0 Å². The molecule has 0 atom stereocenters. The first kappa shape index (κ1) is 134. The van der Waals surface area contributed by atoms with Gasteiger partial charge in [-0.25, -0.2) is 0 Å². The highest BCUT2D eigenvalue weighted by Crippen LogP contribution is 2.33. The molecule has 0 bridgehead atoms. The summed E-state index contributed by atoms with van der Waals surface area (Å²) in [5.41, 5.74) is 0. The highest BCUT2D eigenvalue weighted by molar-refractivity contribution is 8.47. The van der Waals surface area contributed by atoms with Crippen molar-refractivity contribution in [3.05, 3.63) is 0 Å². The molecule has 0 saturated carbocycles. The lowest BCUT2D eigenvalue weighted by Gasteiger charge is -2.65. The Morgan fingerprint density at radius 1 is 0.0397 bits per heavy atom. The lowest BCUT2D eigenvalue weighted by molar-refractivity contribution is 3.11. The smallest absolute Gasteiger partial charge is 0 e. The maximum atomic E-state index is 7.40. The Bertz CT molecular complexity index is 1910. The summed E-state index contributed by atoms with van der Waals surface area (Å²) in [6.07, 6.45) is -135. The minimum absolute atomic E-state index is 2.09. The molecule has 0 aliphatic rings. The molecule has 378 valence electrons. The van der Waals surface area contributed by atoms with Crippen molar-refractivity contribution in [2.24, 2.45) is 0 Å². The molecule has 126 heteroatoms. The van der Waals surface area contributed by atoms with E-state index in [2.05, 4.69) is 0 Å². The molecule has 0 rings (SSSR count). The summed E-state index contributed by atoms with van der Waals surface area (Å²) in [5, 5.41) is 0. The first-order valence-corrected chi connectivity index (χ1v) is 41.7. The predicted molar refractivity (Wildman–Crippen MR) is 725 cm³/mol. The fraction of sp³-hybridized carbons (Fsp3) is 0. The molecule has 128 radical (unpaired) electrons. The van der Waals surface area contributed by atoms with Crippen LogP contribution in [0.3, 0.4) is 0 Å². The first-order chi connectivity index (χ1) is 57.3. The van der Waals surface area contributed by atoms with Gasteiger partial charge in [0.25, 0.3) is 0 Å². The van der Waals surface area contributed by atoms with Crippen molar-refractivity contribution in [2.75, 3.05) is 0 Å². The van der Waals surface area contributed by atoms with E-state index in [0.29, 0.717) is 0 Å². The van der Waals surface area contributed by atoms with Crippen molar-refractivity contribution >= 4 is 891 Å². The minimum Gasteiger partial charge on any atom is 0 e. The van der Waals surface area contributed by atoms with Crippen molar-refractivity contribution < 1.29 is 0 Å². The summed E-state index contributed by atoms with van der Waals surface area (Å²) in [6, 6.07) is 0. The molecule has 0 aromatic rings. The molecule has 0 aliphatic heterocycles. The van der Waals surface area contributed by atoms with Crippen molar-refractivity contribution in [1.29, 1.82) is 0 Å². The lowest BCUT2D eigenvalue weighted by Crippen LogP contribution is -3.03. The second-order valence-corrected chi connectivity index (χ2v) is 35.8. The SMILES string of the molecule is [B]B([B])B(B([B])[B])B(B(B([B])[B])B([B])[B])B(B(B(B([B])[B])B([B])[B])B(B([B])[B])B([B])[B])B(B(B(B(B([B])[B])B([B])[B])B(B([B])[B])B([B])[B])B(B(B([B])[B])B([B])[B])B(B([B])[B])B([B])[B])B(B(B(B(B([B])[B])B([B])[B])B(B([B])[B])B([B])[B])B(B(B([B])[B])B([B])[B])B(B([B])[B])B([B])[B])B(B(B(B([B])[B])B([B])[B])B(B([B])[B])B([B])[B])B(B(B([B])[B])B([B])[B])B(B([B])[B])B([B])[B]. The summed E-state index contributed by atoms with van der Waals surface area (Å²) < 4.78 is 0. The largest absolute Gasteiger partial charge is 0 e. The van der Waals surface area contributed by atoms with Crippen LogP contribution in [0.1, 0.15) is 0 Å².